The molecular weight excluding hydrogens is 231 g/mol. The van der Waals surface area contributed by atoms with Crippen LogP contribution in [0.4, 0.5) is 4.39 Å². The van der Waals surface area contributed by atoms with E-state index in [1.807, 2.05) is 0 Å². The second-order valence-electron chi connectivity index (χ2n) is 4.92. The molecule has 1 aromatic carbocycles. The molecule has 0 spiro atoms. The summed E-state index contributed by atoms with van der Waals surface area (Å²) in [6, 6.07) is 4.42. The van der Waals surface area contributed by atoms with Gasteiger partial charge < -0.3 is 4.74 Å². The fraction of sp³-hybridized carbons (Fsp3) is 0.533. The molecule has 1 aliphatic carbocycles. The van der Waals surface area contributed by atoms with Crippen molar-refractivity contribution in [2.24, 2.45) is 5.92 Å². The largest absolute Gasteiger partial charge is 0.490 e. The standard InChI is InChI=1S/C15H19FO2/c16-14-8-4-7-13(11-17)15(14)18-10-9-12-5-2-1-3-6-12/h4,7-8,11-12H,1-3,5-6,9-10H2. The first-order valence-electron chi connectivity index (χ1n) is 6.67. The van der Waals surface area contributed by atoms with Gasteiger partial charge in [0.2, 0.25) is 0 Å². The molecule has 1 saturated carbocycles. The van der Waals surface area contributed by atoms with Crippen LogP contribution in [0.15, 0.2) is 18.2 Å². The molecule has 0 heterocycles. The molecule has 0 atom stereocenters. The van der Waals surface area contributed by atoms with Gasteiger partial charge in [0.1, 0.15) is 0 Å². The second kappa shape index (κ2) is 6.53. The van der Waals surface area contributed by atoms with Gasteiger partial charge >= 0.3 is 0 Å². The molecule has 18 heavy (non-hydrogen) atoms. The minimum Gasteiger partial charge on any atom is -0.490 e. The van der Waals surface area contributed by atoms with E-state index in [0.717, 1.165) is 6.42 Å². The van der Waals surface area contributed by atoms with Crippen LogP contribution >= 0.6 is 0 Å². The first-order valence-corrected chi connectivity index (χ1v) is 6.67. The van der Waals surface area contributed by atoms with Gasteiger partial charge in [-0.15, -0.1) is 0 Å². The van der Waals surface area contributed by atoms with E-state index < -0.39 is 5.82 Å². The summed E-state index contributed by atoms with van der Waals surface area (Å²) in [4.78, 5) is 10.8. The van der Waals surface area contributed by atoms with Gasteiger partial charge in [-0.1, -0.05) is 38.2 Å². The Morgan fingerprint density at radius 3 is 2.78 bits per heavy atom. The molecule has 98 valence electrons. The van der Waals surface area contributed by atoms with Crippen molar-refractivity contribution >= 4 is 6.29 Å². The van der Waals surface area contributed by atoms with Crippen molar-refractivity contribution in [3.63, 3.8) is 0 Å². The summed E-state index contributed by atoms with van der Waals surface area (Å²) in [5.74, 6) is 0.344. The molecule has 0 N–H and O–H groups in total. The molecule has 3 heteroatoms. The number of halogens is 1. The summed E-state index contributed by atoms with van der Waals surface area (Å²) in [6.07, 6.45) is 8.02. The van der Waals surface area contributed by atoms with Gasteiger partial charge in [0.15, 0.2) is 17.9 Å². The highest BCUT2D eigenvalue weighted by molar-refractivity contribution is 5.79. The molecule has 1 fully saturated rings. The highest BCUT2D eigenvalue weighted by atomic mass is 19.1. The Morgan fingerprint density at radius 1 is 1.28 bits per heavy atom. The molecule has 0 radical (unpaired) electrons. The van der Waals surface area contributed by atoms with Crippen LogP contribution in [0.3, 0.4) is 0 Å². The lowest BCUT2D eigenvalue weighted by atomic mass is 9.87. The van der Waals surface area contributed by atoms with E-state index in [0.29, 0.717) is 24.4 Å². The van der Waals surface area contributed by atoms with Crippen molar-refractivity contribution in [3.05, 3.63) is 29.6 Å². The SMILES string of the molecule is O=Cc1cccc(F)c1OCCC1CCCCC1. The summed E-state index contributed by atoms with van der Waals surface area (Å²) < 4.78 is 19.0. The van der Waals surface area contributed by atoms with Crippen molar-refractivity contribution in [2.75, 3.05) is 6.61 Å². The maximum atomic E-state index is 13.5. The highest BCUT2D eigenvalue weighted by Gasteiger charge is 2.14. The summed E-state index contributed by atoms with van der Waals surface area (Å²) in [5, 5.41) is 0. The van der Waals surface area contributed by atoms with E-state index in [-0.39, 0.29) is 5.75 Å². The lowest BCUT2D eigenvalue weighted by Gasteiger charge is -2.21. The normalized spacial score (nSPS) is 16.5. The topological polar surface area (TPSA) is 26.3 Å². The fourth-order valence-corrected chi connectivity index (χ4v) is 2.57. The number of aldehydes is 1. The predicted octanol–water partition coefficient (Wildman–Crippen LogP) is 3.99. The zero-order chi connectivity index (χ0) is 12.8. The molecule has 0 amide bonds. The summed E-state index contributed by atoms with van der Waals surface area (Å²) in [5.41, 5.74) is 0.290. The first kappa shape index (κ1) is 13.1. The number of ether oxygens (including phenoxy) is 1. The second-order valence-corrected chi connectivity index (χ2v) is 4.92. The zero-order valence-corrected chi connectivity index (χ0v) is 10.5. The average Bonchev–Trinajstić information content (AvgIpc) is 2.41. The minimum atomic E-state index is -0.455. The fourth-order valence-electron chi connectivity index (χ4n) is 2.57. The van der Waals surface area contributed by atoms with Gasteiger partial charge in [-0.25, -0.2) is 4.39 Å². The Hall–Kier alpha value is -1.38. The molecule has 1 aromatic rings. The maximum absolute atomic E-state index is 13.5. The van der Waals surface area contributed by atoms with Gasteiger partial charge in [0, 0.05) is 0 Å². The van der Waals surface area contributed by atoms with E-state index in [2.05, 4.69) is 0 Å². The van der Waals surface area contributed by atoms with Crippen molar-refractivity contribution in [2.45, 2.75) is 38.5 Å². The Kier molecular flexibility index (Phi) is 4.73. The van der Waals surface area contributed by atoms with Gasteiger partial charge in [0.25, 0.3) is 0 Å². The van der Waals surface area contributed by atoms with Crippen LogP contribution in [-0.4, -0.2) is 12.9 Å². The van der Waals surface area contributed by atoms with E-state index >= 15 is 0 Å². The van der Waals surface area contributed by atoms with Crippen molar-refractivity contribution in [1.29, 1.82) is 0 Å². The van der Waals surface area contributed by atoms with Gasteiger partial charge in [-0.2, -0.15) is 0 Å². The molecule has 1 aliphatic rings. The van der Waals surface area contributed by atoms with Crippen molar-refractivity contribution < 1.29 is 13.9 Å². The Labute approximate surface area is 107 Å². The third-order valence-corrected chi connectivity index (χ3v) is 3.62. The average molecular weight is 250 g/mol. The molecule has 0 aliphatic heterocycles. The molecule has 2 rings (SSSR count). The van der Waals surface area contributed by atoms with Gasteiger partial charge in [-0.3, -0.25) is 4.79 Å². The Balaban J connectivity index is 1.87. The molecule has 2 nitrogen and oxygen atoms in total. The van der Waals surface area contributed by atoms with E-state index in [1.54, 1.807) is 6.07 Å². The number of para-hydroxylation sites is 1. The third-order valence-electron chi connectivity index (χ3n) is 3.62. The Bertz CT molecular complexity index is 397. The van der Waals surface area contributed by atoms with E-state index in [9.17, 15) is 9.18 Å². The lowest BCUT2D eigenvalue weighted by molar-refractivity contribution is 0.111. The van der Waals surface area contributed by atoms with Crippen LogP contribution < -0.4 is 4.74 Å². The van der Waals surface area contributed by atoms with Crippen LogP contribution in [0.5, 0.6) is 5.75 Å². The molecule has 0 bridgehead atoms. The van der Waals surface area contributed by atoms with Gasteiger partial charge in [0.05, 0.1) is 12.2 Å². The number of benzene rings is 1. The lowest BCUT2D eigenvalue weighted by Crippen LogP contribution is -2.11. The monoisotopic (exact) mass is 250 g/mol. The summed E-state index contributed by atoms with van der Waals surface area (Å²) in [6.45, 7) is 0.493. The number of rotatable bonds is 5. The molecule has 0 aromatic heterocycles. The smallest absolute Gasteiger partial charge is 0.165 e. The number of carbonyl (C=O) groups excluding carboxylic acids is 1. The van der Waals surface area contributed by atoms with Crippen LogP contribution in [0.1, 0.15) is 48.9 Å². The zero-order valence-electron chi connectivity index (χ0n) is 10.5. The van der Waals surface area contributed by atoms with Crippen molar-refractivity contribution in [1.82, 2.24) is 0 Å². The van der Waals surface area contributed by atoms with Gasteiger partial charge in [-0.05, 0) is 24.5 Å². The predicted molar refractivity (Wildman–Crippen MR) is 68.5 cm³/mol. The minimum absolute atomic E-state index is 0.100. The highest BCUT2D eigenvalue weighted by Crippen LogP contribution is 2.27. The quantitative estimate of drug-likeness (QED) is 0.739. The van der Waals surface area contributed by atoms with E-state index in [1.165, 1.54) is 44.2 Å². The summed E-state index contributed by atoms with van der Waals surface area (Å²) >= 11 is 0. The molecular formula is C15H19FO2. The number of carbonyl (C=O) groups is 1. The van der Waals surface area contributed by atoms with Crippen LogP contribution in [-0.2, 0) is 0 Å². The van der Waals surface area contributed by atoms with Crippen LogP contribution in [0.2, 0.25) is 0 Å². The first-order chi connectivity index (χ1) is 8.81. The Morgan fingerprint density at radius 2 is 2.06 bits per heavy atom. The van der Waals surface area contributed by atoms with Crippen LogP contribution in [0, 0.1) is 11.7 Å². The van der Waals surface area contributed by atoms with Crippen LogP contribution in [0.25, 0.3) is 0 Å². The molecule has 0 saturated heterocycles. The van der Waals surface area contributed by atoms with Crippen molar-refractivity contribution in [3.8, 4) is 5.75 Å². The number of hydrogen-bond donors (Lipinski definition) is 0. The molecule has 0 unspecified atom stereocenters. The third kappa shape index (κ3) is 3.31. The maximum Gasteiger partial charge on any atom is 0.165 e. The summed E-state index contributed by atoms with van der Waals surface area (Å²) in [7, 11) is 0. The van der Waals surface area contributed by atoms with E-state index in [4.69, 9.17) is 4.74 Å². The number of hydrogen-bond acceptors (Lipinski definition) is 2.